The summed E-state index contributed by atoms with van der Waals surface area (Å²) in [5.74, 6) is 0.443. The van der Waals surface area contributed by atoms with Crippen molar-refractivity contribution in [3.8, 4) is 5.75 Å². The number of hydrogen-bond donors (Lipinski definition) is 0. The summed E-state index contributed by atoms with van der Waals surface area (Å²) in [6.07, 6.45) is 2.03. The van der Waals surface area contributed by atoms with Gasteiger partial charge in [-0.2, -0.15) is 4.31 Å². The predicted octanol–water partition coefficient (Wildman–Crippen LogP) is 3.51. The summed E-state index contributed by atoms with van der Waals surface area (Å²) < 4.78 is 45.9. The van der Waals surface area contributed by atoms with E-state index in [9.17, 15) is 12.8 Å². The summed E-state index contributed by atoms with van der Waals surface area (Å²) in [6.45, 7) is 5.61. The van der Waals surface area contributed by atoms with E-state index >= 15 is 0 Å². The van der Waals surface area contributed by atoms with E-state index in [-0.39, 0.29) is 5.82 Å². The Labute approximate surface area is 166 Å². The van der Waals surface area contributed by atoms with Crippen molar-refractivity contribution in [2.45, 2.75) is 31.2 Å². The van der Waals surface area contributed by atoms with E-state index in [1.165, 1.54) is 16.4 Å². The minimum absolute atomic E-state index is 0.249. The second-order valence-corrected chi connectivity index (χ2v) is 8.92. The van der Waals surface area contributed by atoms with Gasteiger partial charge in [0.15, 0.2) is 0 Å². The van der Waals surface area contributed by atoms with E-state index in [0.29, 0.717) is 50.0 Å². The predicted molar refractivity (Wildman–Crippen MR) is 107 cm³/mol. The van der Waals surface area contributed by atoms with Crippen LogP contribution in [0.4, 0.5) is 4.39 Å². The molecule has 28 heavy (non-hydrogen) atoms. The molecule has 0 radical (unpaired) electrons. The van der Waals surface area contributed by atoms with Crippen LogP contribution >= 0.6 is 0 Å². The van der Waals surface area contributed by atoms with Crippen LogP contribution in [0, 0.1) is 5.82 Å². The van der Waals surface area contributed by atoms with Gasteiger partial charge in [-0.05, 0) is 48.4 Å². The maximum atomic E-state index is 13.0. The molecule has 152 valence electrons. The zero-order valence-corrected chi connectivity index (χ0v) is 17.0. The molecule has 1 aliphatic heterocycles. The highest BCUT2D eigenvalue weighted by atomic mass is 32.2. The van der Waals surface area contributed by atoms with Crippen molar-refractivity contribution in [2.24, 2.45) is 0 Å². The maximum Gasteiger partial charge on any atom is 0.243 e. The van der Waals surface area contributed by atoms with E-state index in [4.69, 9.17) is 4.74 Å². The van der Waals surface area contributed by atoms with Crippen LogP contribution < -0.4 is 4.74 Å². The minimum atomic E-state index is -3.50. The van der Waals surface area contributed by atoms with Gasteiger partial charge < -0.3 is 4.74 Å². The maximum absolute atomic E-state index is 13.0. The fourth-order valence-electron chi connectivity index (χ4n) is 3.17. The summed E-state index contributed by atoms with van der Waals surface area (Å²) in [5.41, 5.74) is 1.02. The van der Waals surface area contributed by atoms with Gasteiger partial charge in [-0.15, -0.1) is 0 Å². The Morgan fingerprint density at radius 2 is 1.61 bits per heavy atom. The molecule has 1 fully saturated rings. The lowest BCUT2D eigenvalue weighted by Crippen LogP contribution is -2.48. The highest BCUT2D eigenvalue weighted by molar-refractivity contribution is 7.89. The Balaban J connectivity index is 1.55. The topological polar surface area (TPSA) is 49.9 Å². The Kier molecular flexibility index (Phi) is 7.04. The second kappa shape index (κ2) is 9.49. The number of halogens is 1. The minimum Gasteiger partial charge on any atom is -0.494 e. The van der Waals surface area contributed by atoms with Crippen molar-refractivity contribution in [2.75, 3.05) is 32.8 Å². The van der Waals surface area contributed by atoms with Crippen molar-refractivity contribution >= 4 is 10.0 Å². The summed E-state index contributed by atoms with van der Waals surface area (Å²) in [6, 6.07) is 13.1. The Hall–Kier alpha value is -1.96. The van der Waals surface area contributed by atoms with Gasteiger partial charge in [0.25, 0.3) is 0 Å². The molecule has 0 atom stereocenters. The van der Waals surface area contributed by atoms with E-state index < -0.39 is 10.0 Å². The van der Waals surface area contributed by atoms with E-state index in [0.717, 1.165) is 18.4 Å². The molecule has 0 bridgehead atoms. The van der Waals surface area contributed by atoms with Crippen LogP contribution in [0.25, 0.3) is 0 Å². The monoisotopic (exact) mass is 406 g/mol. The van der Waals surface area contributed by atoms with Crippen LogP contribution in [-0.4, -0.2) is 50.4 Å². The van der Waals surface area contributed by atoms with E-state index in [2.05, 4.69) is 11.8 Å². The van der Waals surface area contributed by atoms with Crippen LogP contribution in [0.2, 0.25) is 0 Å². The molecule has 2 aromatic rings. The third-order valence-corrected chi connectivity index (χ3v) is 6.79. The SMILES string of the molecule is CCCCOc1ccc(S(=O)(=O)N2CCN(Cc3ccc(F)cc3)CC2)cc1. The molecule has 0 spiro atoms. The number of ether oxygens (including phenoxy) is 1. The molecule has 1 aliphatic rings. The summed E-state index contributed by atoms with van der Waals surface area (Å²) in [5, 5.41) is 0. The highest BCUT2D eigenvalue weighted by Gasteiger charge is 2.28. The van der Waals surface area contributed by atoms with Gasteiger partial charge in [0.1, 0.15) is 11.6 Å². The number of hydrogen-bond acceptors (Lipinski definition) is 4. The Bertz CT molecular complexity index is 846. The molecular formula is C21H27FN2O3S. The average Bonchev–Trinajstić information content (AvgIpc) is 2.71. The number of benzene rings is 2. The lowest BCUT2D eigenvalue weighted by atomic mass is 10.2. The van der Waals surface area contributed by atoms with Crippen LogP contribution in [0.1, 0.15) is 25.3 Å². The third kappa shape index (κ3) is 5.31. The van der Waals surface area contributed by atoms with Crippen molar-refractivity contribution < 1.29 is 17.5 Å². The summed E-state index contributed by atoms with van der Waals surface area (Å²) >= 11 is 0. The highest BCUT2D eigenvalue weighted by Crippen LogP contribution is 2.21. The van der Waals surface area contributed by atoms with Crippen molar-refractivity contribution in [3.63, 3.8) is 0 Å². The smallest absolute Gasteiger partial charge is 0.243 e. The van der Waals surface area contributed by atoms with Gasteiger partial charge in [0.05, 0.1) is 11.5 Å². The van der Waals surface area contributed by atoms with Crippen LogP contribution in [0.3, 0.4) is 0 Å². The van der Waals surface area contributed by atoms with Crippen LogP contribution in [0.5, 0.6) is 5.75 Å². The van der Waals surface area contributed by atoms with Gasteiger partial charge in [0, 0.05) is 32.7 Å². The number of sulfonamides is 1. The zero-order valence-electron chi connectivity index (χ0n) is 16.2. The largest absolute Gasteiger partial charge is 0.494 e. The average molecular weight is 407 g/mol. The van der Waals surface area contributed by atoms with Gasteiger partial charge in [-0.1, -0.05) is 25.5 Å². The second-order valence-electron chi connectivity index (χ2n) is 6.98. The van der Waals surface area contributed by atoms with Crippen molar-refractivity contribution in [3.05, 3.63) is 59.9 Å². The Morgan fingerprint density at radius 3 is 2.21 bits per heavy atom. The molecule has 0 amide bonds. The molecule has 0 saturated carbocycles. The number of nitrogens with zero attached hydrogens (tertiary/aromatic N) is 2. The number of piperazine rings is 1. The molecule has 1 saturated heterocycles. The molecule has 0 aromatic heterocycles. The lowest BCUT2D eigenvalue weighted by molar-refractivity contribution is 0.181. The lowest BCUT2D eigenvalue weighted by Gasteiger charge is -2.34. The molecule has 1 heterocycles. The van der Waals surface area contributed by atoms with E-state index in [1.807, 2.05) is 0 Å². The van der Waals surface area contributed by atoms with Crippen LogP contribution in [-0.2, 0) is 16.6 Å². The molecule has 5 nitrogen and oxygen atoms in total. The van der Waals surface area contributed by atoms with E-state index in [1.54, 1.807) is 36.4 Å². The summed E-state index contributed by atoms with van der Waals surface area (Å²) in [4.78, 5) is 2.48. The first-order valence-electron chi connectivity index (χ1n) is 9.69. The van der Waals surface area contributed by atoms with Gasteiger partial charge in [-0.3, -0.25) is 4.90 Å². The first-order valence-corrected chi connectivity index (χ1v) is 11.1. The van der Waals surface area contributed by atoms with Gasteiger partial charge in [0.2, 0.25) is 10.0 Å². The molecular weight excluding hydrogens is 379 g/mol. The fourth-order valence-corrected chi connectivity index (χ4v) is 4.59. The van der Waals surface area contributed by atoms with Crippen molar-refractivity contribution in [1.82, 2.24) is 9.21 Å². The van der Waals surface area contributed by atoms with Crippen LogP contribution in [0.15, 0.2) is 53.4 Å². The molecule has 2 aromatic carbocycles. The normalized spacial score (nSPS) is 16.2. The molecule has 0 N–H and O–H groups in total. The quantitative estimate of drug-likeness (QED) is 0.630. The Morgan fingerprint density at radius 1 is 0.964 bits per heavy atom. The first-order chi connectivity index (χ1) is 13.5. The molecule has 7 heteroatoms. The van der Waals surface area contributed by atoms with Gasteiger partial charge >= 0.3 is 0 Å². The fraction of sp³-hybridized carbons (Fsp3) is 0.429. The third-order valence-electron chi connectivity index (χ3n) is 4.88. The molecule has 3 rings (SSSR count). The zero-order chi connectivity index (χ0) is 20.0. The molecule has 0 unspecified atom stereocenters. The van der Waals surface area contributed by atoms with Crippen molar-refractivity contribution in [1.29, 1.82) is 0 Å². The standard InChI is InChI=1S/C21H27FN2O3S/c1-2-3-16-27-20-8-10-21(11-9-20)28(25,26)24-14-12-23(13-15-24)17-18-4-6-19(22)7-5-18/h4-11H,2-3,12-17H2,1H3. The number of rotatable bonds is 8. The number of unbranched alkanes of at least 4 members (excludes halogenated alkanes) is 1. The summed E-state index contributed by atoms with van der Waals surface area (Å²) in [7, 11) is -3.50. The first kappa shape index (κ1) is 20.8. The molecule has 0 aliphatic carbocycles. The van der Waals surface area contributed by atoms with Gasteiger partial charge in [-0.25, -0.2) is 12.8 Å².